The molecule has 2 aromatic carbocycles. The van der Waals surface area contributed by atoms with E-state index in [1.165, 1.54) is 28.6 Å². The summed E-state index contributed by atoms with van der Waals surface area (Å²) in [7, 11) is -3.93. The zero-order valence-corrected chi connectivity index (χ0v) is 19.8. The molecule has 0 radical (unpaired) electrons. The number of aliphatic hydroxyl groups is 1. The van der Waals surface area contributed by atoms with Gasteiger partial charge in [-0.05, 0) is 60.9 Å². The normalized spacial score (nSPS) is 19.3. The molecule has 2 aliphatic rings. The summed E-state index contributed by atoms with van der Waals surface area (Å²) < 4.78 is 38.1. The van der Waals surface area contributed by atoms with Crippen molar-refractivity contribution in [1.82, 2.24) is 14.9 Å². The molecule has 4 rings (SSSR count). The van der Waals surface area contributed by atoms with Crippen molar-refractivity contribution in [2.75, 3.05) is 26.5 Å². The Hall–Kier alpha value is -3.41. The summed E-state index contributed by atoms with van der Waals surface area (Å²) in [6.45, 7) is 3.65. The van der Waals surface area contributed by atoms with E-state index in [0.29, 0.717) is 36.4 Å². The first-order valence-corrected chi connectivity index (χ1v) is 12.6. The zero-order chi connectivity index (χ0) is 25.0. The summed E-state index contributed by atoms with van der Waals surface area (Å²) in [5, 5.41) is 15.2. The van der Waals surface area contributed by atoms with Gasteiger partial charge in [0.15, 0.2) is 11.5 Å². The molecular formula is C24H27N3O7S. The number of hydrogen-bond donors (Lipinski definition) is 3. The van der Waals surface area contributed by atoms with E-state index in [1.54, 1.807) is 0 Å². The number of nitrogens with zero attached hydrogens (tertiary/aromatic N) is 1. The quantitative estimate of drug-likeness (QED) is 0.433. The van der Waals surface area contributed by atoms with Crippen LogP contribution in [0.2, 0.25) is 0 Å². The highest BCUT2D eigenvalue weighted by atomic mass is 32.2. The van der Waals surface area contributed by atoms with Crippen molar-refractivity contribution < 1.29 is 32.6 Å². The minimum absolute atomic E-state index is 0.00329. The summed E-state index contributed by atoms with van der Waals surface area (Å²) in [5.41, 5.74) is 1.31. The van der Waals surface area contributed by atoms with Crippen LogP contribution >= 0.6 is 0 Å². The molecule has 2 aromatic rings. The second-order valence-corrected chi connectivity index (χ2v) is 10.2. The van der Waals surface area contributed by atoms with Gasteiger partial charge in [-0.3, -0.25) is 9.59 Å². The number of fused-ring (bicyclic) bond motifs is 1. The number of rotatable bonds is 9. The molecule has 2 atom stereocenters. The maximum atomic E-state index is 13.2. The van der Waals surface area contributed by atoms with Crippen LogP contribution in [0.4, 0.5) is 0 Å². The van der Waals surface area contributed by atoms with Gasteiger partial charge in [0.05, 0.1) is 17.5 Å². The molecule has 35 heavy (non-hydrogen) atoms. The summed E-state index contributed by atoms with van der Waals surface area (Å²) in [6, 6.07) is 10.2. The molecule has 3 N–H and O–H groups in total. The van der Waals surface area contributed by atoms with Gasteiger partial charge in [0.25, 0.3) is 5.91 Å². The molecule has 1 fully saturated rings. The van der Waals surface area contributed by atoms with E-state index in [1.807, 2.05) is 18.2 Å². The summed E-state index contributed by atoms with van der Waals surface area (Å²) >= 11 is 0. The van der Waals surface area contributed by atoms with Gasteiger partial charge in [0.2, 0.25) is 22.7 Å². The van der Waals surface area contributed by atoms with Crippen molar-refractivity contribution in [3.8, 4) is 11.5 Å². The highest BCUT2D eigenvalue weighted by molar-refractivity contribution is 7.89. The average Bonchev–Trinajstić information content (AvgIpc) is 3.50. The number of carbonyl (C=O) groups excluding carboxylic acids is 2. The van der Waals surface area contributed by atoms with Crippen LogP contribution in [0.3, 0.4) is 0 Å². The number of nitrogens with one attached hydrogen (secondary N) is 2. The largest absolute Gasteiger partial charge is 0.454 e. The van der Waals surface area contributed by atoms with Crippen LogP contribution in [0, 0.1) is 0 Å². The molecular weight excluding hydrogens is 474 g/mol. The maximum Gasteiger partial charge on any atom is 0.251 e. The lowest BCUT2D eigenvalue weighted by atomic mass is 10.1. The van der Waals surface area contributed by atoms with E-state index in [2.05, 4.69) is 17.2 Å². The number of hydrogen-bond acceptors (Lipinski definition) is 7. The Kier molecular flexibility index (Phi) is 7.39. The molecule has 0 bridgehead atoms. The standard InChI is InChI=1S/C24H27N3O7S/c1-2-23(29)26-18-12-19(14-28)27(13-18)35(31,32)20-6-4-17(5-7-20)24(30)25-10-9-16-3-8-21-22(11-16)34-15-33-21/h2-8,11,18-19,28H,1,9-10,12-15H2,(H,25,30)(H,26,29). The molecule has 0 spiro atoms. The Morgan fingerprint density at radius 3 is 2.60 bits per heavy atom. The van der Waals surface area contributed by atoms with Crippen molar-refractivity contribution in [2.24, 2.45) is 0 Å². The van der Waals surface area contributed by atoms with Gasteiger partial charge in [0.1, 0.15) is 0 Å². The maximum absolute atomic E-state index is 13.2. The van der Waals surface area contributed by atoms with E-state index >= 15 is 0 Å². The first kappa shape index (κ1) is 24.7. The lowest BCUT2D eigenvalue weighted by molar-refractivity contribution is -0.117. The third kappa shape index (κ3) is 5.47. The second-order valence-electron chi connectivity index (χ2n) is 8.27. The van der Waals surface area contributed by atoms with Gasteiger partial charge in [-0.15, -0.1) is 0 Å². The molecule has 1 saturated heterocycles. The third-order valence-electron chi connectivity index (χ3n) is 5.97. The Bertz CT molecular complexity index is 1210. The molecule has 0 aliphatic carbocycles. The summed E-state index contributed by atoms with van der Waals surface area (Å²) in [4.78, 5) is 24.1. The topological polar surface area (TPSA) is 134 Å². The van der Waals surface area contributed by atoms with Crippen LogP contribution < -0.4 is 20.1 Å². The van der Waals surface area contributed by atoms with E-state index in [-0.39, 0.29) is 30.7 Å². The molecule has 0 saturated carbocycles. The van der Waals surface area contributed by atoms with Crippen LogP contribution in [0.15, 0.2) is 60.0 Å². The van der Waals surface area contributed by atoms with Crippen LogP contribution in [0.25, 0.3) is 0 Å². The first-order chi connectivity index (χ1) is 16.8. The summed E-state index contributed by atoms with van der Waals surface area (Å²) in [5.74, 6) is 0.654. The van der Waals surface area contributed by atoms with Crippen LogP contribution in [-0.2, 0) is 21.2 Å². The molecule has 10 nitrogen and oxygen atoms in total. The van der Waals surface area contributed by atoms with Crippen molar-refractivity contribution in [2.45, 2.75) is 29.8 Å². The predicted octanol–water partition coefficient (Wildman–Crippen LogP) is 0.814. The number of carbonyl (C=O) groups is 2. The van der Waals surface area contributed by atoms with Crippen LogP contribution in [-0.4, -0.2) is 68.2 Å². The highest BCUT2D eigenvalue weighted by Crippen LogP contribution is 2.32. The van der Waals surface area contributed by atoms with Gasteiger partial charge in [0, 0.05) is 24.7 Å². The Labute approximate surface area is 203 Å². The van der Waals surface area contributed by atoms with Crippen molar-refractivity contribution in [1.29, 1.82) is 0 Å². The molecule has 2 unspecified atom stereocenters. The van der Waals surface area contributed by atoms with E-state index in [0.717, 1.165) is 11.6 Å². The molecule has 2 aliphatic heterocycles. The van der Waals surface area contributed by atoms with Gasteiger partial charge >= 0.3 is 0 Å². The van der Waals surface area contributed by atoms with Crippen LogP contribution in [0.5, 0.6) is 11.5 Å². The Morgan fingerprint density at radius 2 is 1.89 bits per heavy atom. The Balaban J connectivity index is 1.36. The lowest BCUT2D eigenvalue weighted by Gasteiger charge is -2.22. The average molecular weight is 502 g/mol. The molecule has 186 valence electrons. The predicted molar refractivity (Wildman–Crippen MR) is 127 cm³/mol. The van der Waals surface area contributed by atoms with Crippen molar-refractivity contribution in [3.63, 3.8) is 0 Å². The third-order valence-corrected chi connectivity index (χ3v) is 7.90. The van der Waals surface area contributed by atoms with E-state index in [4.69, 9.17) is 9.47 Å². The summed E-state index contributed by atoms with van der Waals surface area (Å²) in [6.07, 6.45) is 2.00. The van der Waals surface area contributed by atoms with E-state index < -0.39 is 28.0 Å². The van der Waals surface area contributed by atoms with Gasteiger partial charge < -0.3 is 25.2 Å². The van der Waals surface area contributed by atoms with Gasteiger partial charge in [-0.1, -0.05) is 12.6 Å². The molecule has 2 heterocycles. The minimum Gasteiger partial charge on any atom is -0.454 e. The van der Waals surface area contributed by atoms with Crippen molar-refractivity contribution in [3.05, 3.63) is 66.2 Å². The van der Waals surface area contributed by atoms with Gasteiger partial charge in [-0.25, -0.2) is 8.42 Å². The fraction of sp³-hybridized carbons (Fsp3) is 0.333. The number of sulfonamides is 1. The molecule has 11 heteroatoms. The van der Waals surface area contributed by atoms with E-state index in [9.17, 15) is 23.1 Å². The van der Waals surface area contributed by atoms with Crippen LogP contribution in [0.1, 0.15) is 22.3 Å². The Morgan fingerprint density at radius 1 is 1.14 bits per heavy atom. The lowest BCUT2D eigenvalue weighted by Crippen LogP contribution is -2.39. The smallest absolute Gasteiger partial charge is 0.251 e. The number of amides is 2. The minimum atomic E-state index is -3.93. The molecule has 0 aromatic heterocycles. The number of ether oxygens (including phenoxy) is 2. The van der Waals surface area contributed by atoms with Crippen molar-refractivity contribution >= 4 is 21.8 Å². The fourth-order valence-corrected chi connectivity index (χ4v) is 5.82. The molecule has 2 amide bonds. The number of aliphatic hydroxyl groups excluding tert-OH is 1. The zero-order valence-electron chi connectivity index (χ0n) is 19.0. The number of benzene rings is 2. The second kappa shape index (κ2) is 10.5. The highest BCUT2D eigenvalue weighted by Gasteiger charge is 2.40. The SMILES string of the molecule is C=CC(=O)NC1CC(CO)N(S(=O)(=O)c2ccc(C(=O)NCCc3ccc4c(c3)OCO4)cc2)C1. The first-order valence-electron chi connectivity index (χ1n) is 11.1. The van der Waals surface area contributed by atoms with Gasteiger partial charge in [-0.2, -0.15) is 4.31 Å². The monoisotopic (exact) mass is 501 g/mol. The fourth-order valence-electron chi connectivity index (χ4n) is 4.14.